The third-order valence-corrected chi connectivity index (χ3v) is 6.91. The first-order valence-corrected chi connectivity index (χ1v) is 12.1. The number of carbonyl (C=O) groups is 3. The van der Waals surface area contributed by atoms with Crippen molar-refractivity contribution < 1.29 is 32.7 Å². The molecule has 11 heteroatoms. The van der Waals surface area contributed by atoms with Gasteiger partial charge in [0.05, 0.1) is 22.8 Å². The monoisotopic (exact) mass is 526 g/mol. The van der Waals surface area contributed by atoms with E-state index in [2.05, 4.69) is 10.3 Å². The summed E-state index contributed by atoms with van der Waals surface area (Å²) in [5.74, 6) is -2.12. The fourth-order valence-electron chi connectivity index (χ4n) is 5.06. The fraction of sp³-hybridized carbons (Fsp3) is 0.333. The Morgan fingerprint density at radius 3 is 2.39 bits per heavy atom. The number of alkyl halides is 3. The number of rotatable bonds is 4. The zero-order chi connectivity index (χ0) is 27.4. The Labute approximate surface area is 216 Å². The quantitative estimate of drug-likeness (QED) is 0.587. The Bertz CT molecular complexity index is 1390. The second kappa shape index (κ2) is 9.09. The smallest absolute Gasteiger partial charge is 0.381 e. The maximum atomic E-state index is 14.1. The molecule has 8 nitrogen and oxygen atoms in total. The van der Waals surface area contributed by atoms with E-state index >= 15 is 0 Å². The van der Waals surface area contributed by atoms with Gasteiger partial charge < -0.3 is 14.9 Å². The summed E-state index contributed by atoms with van der Waals surface area (Å²) in [7, 11) is 0. The van der Waals surface area contributed by atoms with Gasteiger partial charge in [-0.1, -0.05) is 24.3 Å². The van der Waals surface area contributed by atoms with E-state index < -0.39 is 40.6 Å². The Morgan fingerprint density at radius 1 is 1.05 bits per heavy atom. The first-order valence-electron chi connectivity index (χ1n) is 12.1. The van der Waals surface area contributed by atoms with E-state index in [0.717, 1.165) is 6.07 Å². The minimum atomic E-state index is -4.78. The number of anilines is 1. The van der Waals surface area contributed by atoms with Crippen molar-refractivity contribution in [3.63, 3.8) is 0 Å². The SMILES string of the molecule is CC(C)(O)C(=O)N1CCN(c2ccc(C(F)(F)F)c(C3=C(C4=C5C=CC=C[C@H]5N=C4)C(=O)NC3=O)c2)CC1. The van der Waals surface area contributed by atoms with Crippen LogP contribution in [0.1, 0.15) is 25.0 Å². The molecule has 3 amide bonds. The Hall–Kier alpha value is -3.99. The molecule has 1 aromatic carbocycles. The van der Waals surface area contributed by atoms with Gasteiger partial charge in [0.1, 0.15) is 5.60 Å². The molecule has 0 spiro atoms. The van der Waals surface area contributed by atoms with Crippen LogP contribution in [-0.4, -0.2) is 71.8 Å². The molecule has 5 rings (SSSR count). The lowest BCUT2D eigenvalue weighted by Crippen LogP contribution is -2.54. The zero-order valence-corrected chi connectivity index (χ0v) is 20.7. The van der Waals surface area contributed by atoms with Crippen LogP contribution in [0.25, 0.3) is 5.57 Å². The van der Waals surface area contributed by atoms with Crippen LogP contribution in [0.3, 0.4) is 0 Å². The van der Waals surface area contributed by atoms with Crippen molar-refractivity contribution >= 4 is 35.2 Å². The summed E-state index contributed by atoms with van der Waals surface area (Å²) in [4.78, 5) is 45.9. The molecule has 1 atom stereocenters. The first kappa shape index (κ1) is 25.7. The number of fused-ring (bicyclic) bond motifs is 1. The van der Waals surface area contributed by atoms with Crippen LogP contribution in [0.5, 0.6) is 0 Å². The number of carbonyl (C=O) groups excluding carboxylic acids is 3. The van der Waals surface area contributed by atoms with Crippen LogP contribution in [0.4, 0.5) is 18.9 Å². The van der Waals surface area contributed by atoms with Crippen molar-refractivity contribution in [1.82, 2.24) is 10.2 Å². The van der Waals surface area contributed by atoms with Gasteiger partial charge >= 0.3 is 6.18 Å². The molecule has 0 aromatic heterocycles. The molecule has 0 radical (unpaired) electrons. The van der Waals surface area contributed by atoms with Crippen molar-refractivity contribution in [2.75, 3.05) is 31.1 Å². The first-order chi connectivity index (χ1) is 17.9. The number of aliphatic imine (C=N–C) groups is 1. The largest absolute Gasteiger partial charge is 0.417 e. The molecule has 38 heavy (non-hydrogen) atoms. The van der Waals surface area contributed by atoms with Gasteiger partial charge in [0, 0.05) is 49.2 Å². The van der Waals surface area contributed by atoms with Gasteiger partial charge in [-0.05, 0) is 37.6 Å². The summed E-state index contributed by atoms with van der Waals surface area (Å²) in [6, 6.07) is 3.13. The molecule has 0 saturated carbocycles. The van der Waals surface area contributed by atoms with Gasteiger partial charge in [-0.15, -0.1) is 0 Å². The normalized spacial score (nSPS) is 21.6. The summed E-state index contributed by atoms with van der Waals surface area (Å²) in [5, 5.41) is 12.2. The average molecular weight is 527 g/mol. The molecular weight excluding hydrogens is 501 g/mol. The van der Waals surface area contributed by atoms with E-state index in [-0.39, 0.29) is 30.3 Å². The Kier molecular flexibility index (Phi) is 6.13. The van der Waals surface area contributed by atoms with Crippen LogP contribution in [0.2, 0.25) is 0 Å². The molecule has 1 fully saturated rings. The van der Waals surface area contributed by atoms with Gasteiger partial charge in [-0.2, -0.15) is 13.2 Å². The minimum absolute atomic E-state index is 0.139. The highest BCUT2D eigenvalue weighted by Gasteiger charge is 2.42. The molecule has 2 N–H and O–H groups in total. The number of aliphatic hydroxyl groups is 1. The van der Waals surface area contributed by atoms with Gasteiger partial charge in [-0.3, -0.25) is 24.7 Å². The molecule has 1 saturated heterocycles. The van der Waals surface area contributed by atoms with Crippen molar-refractivity contribution in [3.8, 4) is 0 Å². The molecule has 3 aliphatic heterocycles. The van der Waals surface area contributed by atoms with Crippen molar-refractivity contribution in [3.05, 3.63) is 70.3 Å². The van der Waals surface area contributed by atoms with E-state index in [0.29, 0.717) is 29.9 Å². The third-order valence-electron chi connectivity index (χ3n) is 6.91. The van der Waals surface area contributed by atoms with E-state index in [1.54, 1.807) is 29.2 Å². The molecule has 1 aliphatic carbocycles. The van der Waals surface area contributed by atoms with Gasteiger partial charge in [0.25, 0.3) is 17.7 Å². The van der Waals surface area contributed by atoms with Crippen molar-refractivity contribution in [1.29, 1.82) is 0 Å². The molecule has 0 bridgehead atoms. The van der Waals surface area contributed by atoms with E-state index in [9.17, 15) is 32.7 Å². The van der Waals surface area contributed by atoms with E-state index in [1.807, 2.05) is 0 Å². The second-order valence-corrected chi connectivity index (χ2v) is 9.94. The fourth-order valence-corrected chi connectivity index (χ4v) is 5.06. The van der Waals surface area contributed by atoms with Crippen molar-refractivity contribution in [2.24, 2.45) is 4.99 Å². The highest BCUT2D eigenvalue weighted by molar-refractivity contribution is 6.39. The molecule has 1 aromatic rings. The number of nitrogens with one attached hydrogen (secondary N) is 1. The van der Waals surface area contributed by atoms with E-state index in [1.165, 1.54) is 37.1 Å². The molecule has 3 heterocycles. The Morgan fingerprint density at radius 2 is 1.74 bits per heavy atom. The maximum absolute atomic E-state index is 14.1. The maximum Gasteiger partial charge on any atom is 0.417 e. The number of benzene rings is 1. The predicted molar refractivity (Wildman–Crippen MR) is 134 cm³/mol. The summed E-state index contributed by atoms with van der Waals surface area (Å²) in [5.41, 5.74) is -2.10. The lowest BCUT2D eigenvalue weighted by atomic mass is 9.89. The zero-order valence-electron chi connectivity index (χ0n) is 20.7. The van der Waals surface area contributed by atoms with Crippen LogP contribution < -0.4 is 10.2 Å². The predicted octanol–water partition coefficient (Wildman–Crippen LogP) is 2.41. The third kappa shape index (κ3) is 4.47. The average Bonchev–Trinajstić information content (AvgIpc) is 3.41. The summed E-state index contributed by atoms with van der Waals surface area (Å²) < 4.78 is 42.4. The topological polar surface area (TPSA) is 102 Å². The number of halogens is 3. The van der Waals surface area contributed by atoms with E-state index in [4.69, 9.17) is 0 Å². The standard InChI is InChI=1S/C27H25F3N4O4/c1-26(2,38)25(37)34-11-9-33(10-12-34)15-7-8-19(27(28,29)30)17(13-15)21-22(24(36)32-23(21)35)18-14-31-20-6-4-3-5-16(18)20/h3-8,13-14,20,38H,9-12H2,1-2H3,(H,32,35,36)/t20-/m1/s1. The molecular formula is C27H25F3N4O4. The Balaban J connectivity index is 1.57. The second-order valence-electron chi connectivity index (χ2n) is 9.94. The number of imide groups is 1. The number of hydrogen-bond donors (Lipinski definition) is 2. The highest BCUT2D eigenvalue weighted by atomic mass is 19.4. The molecule has 0 unspecified atom stereocenters. The van der Waals surface area contributed by atoms with Gasteiger partial charge in [0.15, 0.2) is 0 Å². The number of hydrogen-bond acceptors (Lipinski definition) is 6. The van der Waals surface area contributed by atoms with Crippen LogP contribution in [0.15, 0.2) is 64.2 Å². The van der Waals surface area contributed by atoms with Crippen LogP contribution >= 0.6 is 0 Å². The van der Waals surface area contributed by atoms with Crippen LogP contribution in [-0.2, 0) is 20.6 Å². The lowest BCUT2D eigenvalue weighted by Gasteiger charge is -2.38. The summed E-state index contributed by atoms with van der Waals surface area (Å²) in [6.07, 6.45) is 3.67. The minimum Gasteiger partial charge on any atom is -0.381 e. The number of allylic oxidation sites excluding steroid dienone is 2. The van der Waals surface area contributed by atoms with Crippen LogP contribution in [0, 0.1) is 0 Å². The number of piperazine rings is 1. The van der Waals surface area contributed by atoms with Gasteiger partial charge in [0.2, 0.25) is 0 Å². The number of amides is 3. The summed E-state index contributed by atoms with van der Waals surface area (Å²) in [6.45, 7) is 3.95. The van der Waals surface area contributed by atoms with Crippen molar-refractivity contribution in [2.45, 2.75) is 31.7 Å². The number of nitrogens with zero attached hydrogens (tertiary/aromatic N) is 3. The lowest BCUT2D eigenvalue weighted by molar-refractivity contribution is -0.148. The molecule has 4 aliphatic rings. The molecule has 198 valence electrons. The van der Waals surface area contributed by atoms with Gasteiger partial charge in [-0.25, -0.2) is 0 Å². The summed E-state index contributed by atoms with van der Waals surface area (Å²) >= 11 is 0. The highest BCUT2D eigenvalue weighted by Crippen LogP contribution is 2.42.